The molecule has 3 rings (SSSR count). The predicted octanol–water partition coefficient (Wildman–Crippen LogP) is 3.47. The average molecular weight is 319 g/mol. The number of hydrogen-bond donors (Lipinski definition) is 0. The van der Waals surface area contributed by atoms with E-state index >= 15 is 0 Å². The molecule has 6 heteroatoms. The van der Waals surface area contributed by atoms with Gasteiger partial charge in [0.2, 0.25) is 5.28 Å². The minimum Gasteiger partial charge on any atom is -0.462 e. The van der Waals surface area contributed by atoms with E-state index in [0.29, 0.717) is 16.5 Å². The first-order valence-corrected chi connectivity index (χ1v) is 7.01. The average Bonchev–Trinajstić information content (AvgIpc) is 2.94. The van der Waals surface area contributed by atoms with E-state index in [4.69, 9.17) is 20.5 Å². The minimum absolute atomic E-state index is 0.0474. The molecule has 0 spiro atoms. The van der Waals surface area contributed by atoms with Crippen molar-refractivity contribution in [1.82, 2.24) is 14.5 Å². The summed E-state index contributed by atoms with van der Waals surface area (Å²) in [4.78, 5) is 20.2. The quantitative estimate of drug-likeness (QED) is 0.548. The molecule has 0 aliphatic heterocycles. The zero-order chi connectivity index (χ0) is 18.2. The third-order valence-electron chi connectivity index (χ3n) is 3.22. The number of carbonyl (C=O) groups excluding carboxylic acids is 1. The fraction of sp³-hybridized carbons (Fsp3) is 0.188. The number of halogens is 1. The van der Waals surface area contributed by atoms with E-state index in [9.17, 15) is 4.79 Å². The van der Waals surface area contributed by atoms with Crippen LogP contribution in [0.5, 0.6) is 0 Å². The third-order valence-corrected chi connectivity index (χ3v) is 3.40. The lowest BCUT2D eigenvalue weighted by molar-refractivity contribution is 0.0526. The highest BCUT2D eigenvalue weighted by Gasteiger charge is 2.20. The Hall–Kier alpha value is -2.40. The van der Waals surface area contributed by atoms with Gasteiger partial charge < -0.3 is 9.30 Å². The fourth-order valence-corrected chi connectivity index (χ4v) is 2.43. The van der Waals surface area contributed by atoms with Crippen LogP contribution in [0.4, 0.5) is 0 Å². The van der Waals surface area contributed by atoms with Crippen molar-refractivity contribution in [3.8, 4) is 11.3 Å². The number of hydrogen-bond acceptors (Lipinski definition) is 4. The number of fused-ring (bicyclic) bond motifs is 1. The number of para-hydroxylation sites is 1. The highest BCUT2D eigenvalue weighted by molar-refractivity contribution is 6.28. The molecule has 22 heavy (non-hydrogen) atoms. The number of carbonyl (C=O) groups is 1. The molecule has 0 aliphatic carbocycles. The molecule has 0 atom stereocenters. The van der Waals surface area contributed by atoms with Gasteiger partial charge in [0.25, 0.3) is 0 Å². The van der Waals surface area contributed by atoms with Crippen LogP contribution in [-0.2, 0) is 11.7 Å². The molecule has 0 fully saturated rings. The van der Waals surface area contributed by atoms with Gasteiger partial charge in [-0.3, -0.25) is 0 Å². The van der Waals surface area contributed by atoms with E-state index in [-0.39, 0.29) is 23.1 Å². The lowest BCUT2D eigenvalue weighted by atomic mass is 10.1. The molecule has 5 nitrogen and oxygen atoms in total. The van der Waals surface area contributed by atoms with Crippen LogP contribution in [0, 0.1) is 0 Å². The molecule has 0 amide bonds. The Morgan fingerprint density at radius 3 is 3.05 bits per heavy atom. The molecular formula is C16H14ClN3O2. The Labute approximate surface area is 136 Å². The summed E-state index contributed by atoms with van der Waals surface area (Å²) in [6, 6.07) is 6.98. The lowest BCUT2D eigenvalue weighted by Crippen LogP contribution is -2.08. The van der Waals surface area contributed by atoms with E-state index in [1.165, 1.54) is 17.0 Å². The Balaban J connectivity index is 2.31. The fourth-order valence-electron chi connectivity index (χ4n) is 2.29. The monoisotopic (exact) mass is 318 g/mol. The van der Waals surface area contributed by atoms with Crippen molar-refractivity contribution in [1.29, 1.82) is 0 Å². The number of esters is 1. The summed E-state index contributed by atoms with van der Waals surface area (Å²) >= 11 is 5.90. The normalized spacial score (nSPS) is 13.5. The van der Waals surface area contributed by atoms with Crippen molar-refractivity contribution in [2.75, 3.05) is 6.61 Å². The minimum atomic E-state index is -2.38. The van der Waals surface area contributed by atoms with Crippen molar-refractivity contribution in [3.05, 3.63) is 47.5 Å². The summed E-state index contributed by atoms with van der Waals surface area (Å²) in [6.07, 6.45) is 2.73. The lowest BCUT2D eigenvalue weighted by Gasteiger charge is -2.07. The largest absolute Gasteiger partial charge is 0.462 e. The Kier molecular flexibility index (Phi) is 2.94. The highest BCUT2D eigenvalue weighted by Crippen LogP contribution is 2.31. The van der Waals surface area contributed by atoms with Crippen LogP contribution in [0.1, 0.15) is 21.4 Å². The number of aryl methyl sites for hydroxylation is 1. The highest BCUT2D eigenvalue weighted by atomic mass is 35.5. The van der Waals surface area contributed by atoms with Gasteiger partial charge in [0, 0.05) is 39.9 Å². The summed E-state index contributed by atoms with van der Waals surface area (Å²) < 4.78 is 29.4. The van der Waals surface area contributed by atoms with E-state index in [1.807, 2.05) is 0 Å². The first kappa shape index (κ1) is 11.2. The first-order valence-electron chi connectivity index (χ1n) is 8.13. The van der Waals surface area contributed by atoms with E-state index in [1.54, 1.807) is 31.2 Å². The second kappa shape index (κ2) is 5.77. The number of ether oxygens (including phenoxy) is 1. The van der Waals surface area contributed by atoms with Crippen molar-refractivity contribution in [2.45, 2.75) is 6.92 Å². The summed E-state index contributed by atoms with van der Waals surface area (Å²) in [5.74, 6) is -0.597. The molecule has 0 unspecified atom stereocenters. The molecule has 1 aromatic carbocycles. The number of aromatic nitrogens is 3. The van der Waals surface area contributed by atoms with Crippen molar-refractivity contribution in [3.63, 3.8) is 0 Å². The van der Waals surface area contributed by atoms with Crippen LogP contribution < -0.4 is 0 Å². The summed E-state index contributed by atoms with van der Waals surface area (Å²) in [7, 11) is 0. The first-order chi connectivity index (χ1) is 11.8. The summed E-state index contributed by atoms with van der Waals surface area (Å²) in [5, 5.41) is 0.590. The topological polar surface area (TPSA) is 57.0 Å². The van der Waals surface area contributed by atoms with Crippen LogP contribution in [0.3, 0.4) is 0 Å². The van der Waals surface area contributed by atoms with Crippen molar-refractivity contribution < 1.29 is 13.6 Å². The molecule has 2 heterocycles. The van der Waals surface area contributed by atoms with Crippen LogP contribution in [0.2, 0.25) is 5.28 Å². The molecule has 0 bridgehead atoms. The zero-order valence-corrected chi connectivity index (χ0v) is 12.5. The van der Waals surface area contributed by atoms with E-state index < -0.39 is 12.9 Å². The molecular weight excluding hydrogens is 302 g/mol. The smallest absolute Gasteiger partial charge is 0.341 e. The van der Waals surface area contributed by atoms with Gasteiger partial charge in [-0.2, -0.15) is 0 Å². The number of benzene rings is 1. The predicted molar refractivity (Wildman–Crippen MR) is 84.9 cm³/mol. The van der Waals surface area contributed by atoms with Gasteiger partial charge in [0.1, 0.15) is 5.56 Å². The molecule has 0 aliphatic rings. The van der Waals surface area contributed by atoms with Gasteiger partial charge in [-0.05, 0) is 24.6 Å². The Morgan fingerprint density at radius 2 is 2.27 bits per heavy atom. The number of rotatable bonds is 3. The molecule has 0 radical (unpaired) electrons. The summed E-state index contributed by atoms with van der Waals surface area (Å²) in [6.45, 7) is -0.494. The summed E-state index contributed by atoms with van der Waals surface area (Å²) in [5.41, 5.74) is 1.33. The number of nitrogens with zero attached hydrogens (tertiary/aromatic N) is 3. The maximum Gasteiger partial charge on any atom is 0.341 e. The van der Waals surface area contributed by atoms with Crippen LogP contribution >= 0.6 is 11.6 Å². The van der Waals surface area contributed by atoms with Crippen LogP contribution in [-0.4, -0.2) is 27.1 Å². The van der Waals surface area contributed by atoms with Crippen molar-refractivity contribution in [2.24, 2.45) is 6.98 Å². The van der Waals surface area contributed by atoms with Gasteiger partial charge in [0.05, 0.1) is 12.3 Å². The van der Waals surface area contributed by atoms with E-state index in [0.717, 1.165) is 0 Å². The Morgan fingerprint density at radius 1 is 1.45 bits per heavy atom. The van der Waals surface area contributed by atoms with Gasteiger partial charge in [0.15, 0.2) is 0 Å². The standard InChI is InChI=1S/C16H14ClN3O2/c1-3-22-15(21)11-8-18-16(17)19-14(11)12-9-20(2)13-7-5-4-6-10(12)13/h4-9H,3H2,1-2H3/i2D3. The second-order valence-electron chi connectivity index (χ2n) is 4.55. The van der Waals surface area contributed by atoms with E-state index in [2.05, 4.69) is 9.97 Å². The SMILES string of the molecule is [2H]C([2H])([2H])n1cc(-c2nc(Cl)ncc2C(=O)OCC)c2ccccc21. The second-order valence-corrected chi connectivity index (χ2v) is 4.89. The van der Waals surface area contributed by atoms with Crippen LogP contribution in [0.25, 0.3) is 22.2 Å². The van der Waals surface area contributed by atoms with Crippen molar-refractivity contribution >= 4 is 28.5 Å². The molecule has 0 saturated heterocycles. The molecule has 0 saturated carbocycles. The van der Waals surface area contributed by atoms with Gasteiger partial charge in [-0.25, -0.2) is 14.8 Å². The van der Waals surface area contributed by atoms with Gasteiger partial charge >= 0.3 is 5.97 Å². The third kappa shape index (κ3) is 2.44. The molecule has 0 N–H and O–H groups in total. The molecule has 3 aromatic rings. The maximum atomic E-state index is 12.2. The maximum absolute atomic E-state index is 12.2. The molecule has 2 aromatic heterocycles. The van der Waals surface area contributed by atoms with Gasteiger partial charge in [-0.15, -0.1) is 0 Å². The van der Waals surface area contributed by atoms with Crippen LogP contribution in [0.15, 0.2) is 36.7 Å². The van der Waals surface area contributed by atoms with Gasteiger partial charge in [-0.1, -0.05) is 18.2 Å². The Bertz CT molecular complexity index is 953. The molecule has 112 valence electrons. The zero-order valence-electron chi connectivity index (χ0n) is 14.7.